The Morgan fingerprint density at radius 3 is 1.87 bits per heavy atom. The van der Waals surface area contributed by atoms with Gasteiger partial charge in [0.25, 0.3) is 0 Å². The molecule has 0 saturated heterocycles. The molecule has 2 atom stereocenters. The van der Waals surface area contributed by atoms with Gasteiger partial charge in [0.1, 0.15) is 15.8 Å². The van der Waals surface area contributed by atoms with Crippen molar-refractivity contribution in [3.05, 3.63) is 107 Å². The molecule has 2 unspecified atom stereocenters. The number of benzene rings is 4. The second-order valence-corrected chi connectivity index (χ2v) is 18.0. The van der Waals surface area contributed by atoms with Crippen molar-refractivity contribution in [2.45, 2.75) is 116 Å². The molecule has 0 amide bonds. The molecule has 0 aromatic heterocycles. The van der Waals surface area contributed by atoms with Crippen LogP contribution in [0.15, 0.2) is 88.6 Å². The second kappa shape index (κ2) is 17.6. The van der Waals surface area contributed by atoms with Crippen LogP contribution in [0.25, 0.3) is 21.5 Å². The molecule has 4 nitrogen and oxygen atoms in total. The third kappa shape index (κ3) is 9.50. The number of ketones is 1. The fourth-order valence-electron chi connectivity index (χ4n) is 6.89. The summed E-state index contributed by atoms with van der Waals surface area (Å²) in [6, 6.07) is 27.8. The largest absolute Gasteiger partial charge is 0.512 e. The van der Waals surface area contributed by atoms with Crippen molar-refractivity contribution in [3.8, 4) is 0 Å². The van der Waals surface area contributed by atoms with E-state index < -0.39 is 0 Å². The summed E-state index contributed by atoms with van der Waals surface area (Å²) in [4.78, 5) is 22.0. The zero-order valence-electron chi connectivity index (χ0n) is 32.5. The van der Waals surface area contributed by atoms with Crippen molar-refractivity contribution >= 4 is 60.9 Å². The molecule has 6 rings (SSSR count). The van der Waals surface area contributed by atoms with E-state index >= 15 is 0 Å². The molecule has 0 bridgehead atoms. The van der Waals surface area contributed by atoms with Gasteiger partial charge in [0.05, 0.1) is 5.76 Å². The molecule has 2 aliphatic heterocycles. The number of thioether (sulfide) groups is 2. The topological polar surface area (TPSA) is 62.0 Å². The van der Waals surface area contributed by atoms with Crippen LogP contribution in [-0.2, 0) is 35.7 Å². The first kappa shape index (κ1) is 42.0. The van der Waals surface area contributed by atoms with Crippen molar-refractivity contribution in [2.24, 2.45) is 21.8 Å². The van der Waals surface area contributed by atoms with Crippen LogP contribution in [0.2, 0.25) is 0 Å². The number of carbonyl (C=O) groups is 1. The Hall–Kier alpha value is -2.70. The maximum atomic E-state index is 11.7. The van der Waals surface area contributed by atoms with E-state index in [4.69, 9.17) is 9.98 Å². The van der Waals surface area contributed by atoms with Gasteiger partial charge < -0.3 is 5.11 Å². The van der Waals surface area contributed by atoms with Crippen LogP contribution < -0.4 is 0 Å². The molecule has 4 aromatic carbocycles. The molecule has 1 radical (unpaired) electrons. The average Bonchev–Trinajstić information content (AvgIpc) is 3.68. The van der Waals surface area contributed by atoms with E-state index in [-0.39, 0.29) is 65.1 Å². The third-order valence-electron chi connectivity index (χ3n) is 10.0. The first-order valence-corrected chi connectivity index (χ1v) is 20.4. The molecule has 52 heavy (non-hydrogen) atoms. The minimum absolute atomic E-state index is 0. The molecule has 0 fully saturated rings. The predicted octanol–water partition coefficient (Wildman–Crippen LogP) is 12.6. The quantitative estimate of drug-likeness (QED) is 0.103. The van der Waals surface area contributed by atoms with Gasteiger partial charge in [-0.05, 0) is 65.0 Å². The van der Waals surface area contributed by atoms with E-state index in [1.54, 1.807) is 23.5 Å². The van der Waals surface area contributed by atoms with E-state index in [1.807, 2.05) is 27.7 Å². The smallest absolute Gasteiger partial charge is 0.162 e. The summed E-state index contributed by atoms with van der Waals surface area (Å²) in [6.07, 6.45) is 4.91. The molecule has 1 N–H and O–H groups in total. The molecule has 0 spiro atoms. The minimum Gasteiger partial charge on any atom is -0.512 e. The summed E-state index contributed by atoms with van der Waals surface area (Å²) in [7, 11) is 0. The van der Waals surface area contributed by atoms with Gasteiger partial charge in [0.2, 0.25) is 0 Å². The number of aliphatic hydroxyl groups is 1. The number of hydrogen-bond donors (Lipinski definition) is 1. The minimum atomic E-state index is 0. The van der Waals surface area contributed by atoms with Crippen LogP contribution in [0.3, 0.4) is 0 Å². The van der Waals surface area contributed by atoms with Gasteiger partial charge in [-0.25, -0.2) is 0 Å². The number of aliphatic imine (C=N–C) groups is 2. The van der Waals surface area contributed by atoms with Crippen molar-refractivity contribution in [2.75, 3.05) is 0 Å². The van der Waals surface area contributed by atoms with Gasteiger partial charge in [-0.15, -0.1) is 40.9 Å². The van der Waals surface area contributed by atoms with Gasteiger partial charge in [-0.2, -0.15) is 0 Å². The zero-order valence-corrected chi connectivity index (χ0v) is 36.5. The standard InChI is InChI=1S/C32H31N2S2.C13H24O2.Ir/c1-31(2,3)25-17-21(15-19-11-7-9-13-23(19)25)27-33-29-30(35-27)34-28(36-29)22-16-20-12-8-10-14-24(20)26(18-22)32(4,5)6;1-5-10(6-2)12(14)9-13(15)11(7-3)8-4;/h7-15,17-18,29-30H,1-6H3;9-11,14H,5-8H2,1-4H3;/q-1;;/b;12-9-;. The number of allylic oxidation sites excluding steroid dienone is 2. The number of fused-ring (bicyclic) bond motifs is 3. The molecule has 2 heterocycles. The number of nitrogens with zero attached hydrogens (tertiary/aromatic N) is 2. The molecule has 4 aromatic rings. The Morgan fingerprint density at radius 1 is 0.750 bits per heavy atom. The Morgan fingerprint density at radius 2 is 1.27 bits per heavy atom. The van der Waals surface area contributed by atoms with Crippen LogP contribution in [0.5, 0.6) is 0 Å². The summed E-state index contributed by atoms with van der Waals surface area (Å²) in [6.45, 7) is 21.8. The molecule has 279 valence electrons. The fourth-order valence-corrected chi connectivity index (χ4v) is 9.33. The first-order valence-electron chi connectivity index (χ1n) is 18.6. The summed E-state index contributed by atoms with van der Waals surface area (Å²) in [5.41, 5.74) is 5.12. The van der Waals surface area contributed by atoms with E-state index in [0.29, 0.717) is 0 Å². The monoisotopic (exact) mass is 912 g/mol. The van der Waals surface area contributed by atoms with Gasteiger partial charge in [0.15, 0.2) is 5.78 Å². The van der Waals surface area contributed by atoms with Crippen molar-refractivity contribution < 1.29 is 30.0 Å². The summed E-state index contributed by atoms with van der Waals surface area (Å²) < 4.78 is 0. The Kier molecular flexibility index (Phi) is 14.3. The van der Waals surface area contributed by atoms with Gasteiger partial charge in [0, 0.05) is 48.6 Å². The molecule has 0 aliphatic carbocycles. The first-order chi connectivity index (χ1) is 24.2. The van der Waals surface area contributed by atoms with Gasteiger partial charge >= 0.3 is 0 Å². The average molecular weight is 912 g/mol. The van der Waals surface area contributed by atoms with Gasteiger partial charge in [-0.1, -0.05) is 134 Å². The molecule has 7 heteroatoms. The maximum absolute atomic E-state index is 11.7. The van der Waals surface area contributed by atoms with Crippen molar-refractivity contribution in [3.63, 3.8) is 0 Å². The third-order valence-corrected chi connectivity index (χ3v) is 12.5. The van der Waals surface area contributed by atoms with E-state index in [2.05, 4.69) is 114 Å². The molecule has 2 aliphatic rings. The van der Waals surface area contributed by atoms with Crippen molar-refractivity contribution in [1.82, 2.24) is 0 Å². The molecular formula is C45H55IrN2O2S2-. The van der Waals surface area contributed by atoms with Crippen LogP contribution in [-0.4, -0.2) is 31.7 Å². The summed E-state index contributed by atoms with van der Waals surface area (Å²) >= 11 is 3.59. The zero-order chi connectivity index (χ0) is 37.1. The van der Waals surface area contributed by atoms with Gasteiger partial charge in [-0.3, -0.25) is 14.8 Å². The SMILES string of the molecule is CC(C)(C)c1cc(C2=NC3SC(c4cc(C(C)(C)C)c5ccccc5c4)=NC3S2)[c-]c2ccccc12.CCC(CC)C(=O)/C=C(\O)C(CC)CC.[Ir]. The Balaban J connectivity index is 0.000000323. The van der Waals surface area contributed by atoms with Crippen LogP contribution in [0, 0.1) is 17.9 Å². The van der Waals surface area contributed by atoms with Crippen LogP contribution in [0.1, 0.15) is 117 Å². The predicted molar refractivity (Wildman–Crippen MR) is 224 cm³/mol. The number of aliphatic hydroxyl groups excluding tert-OH is 1. The second-order valence-electron chi connectivity index (χ2n) is 15.8. The van der Waals surface area contributed by atoms with Crippen LogP contribution in [0.4, 0.5) is 0 Å². The Bertz CT molecular complexity index is 1860. The van der Waals surface area contributed by atoms with E-state index in [9.17, 15) is 9.90 Å². The van der Waals surface area contributed by atoms with Crippen molar-refractivity contribution in [1.29, 1.82) is 0 Å². The van der Waals surface area contributed by atoms with E-state index in [0.717, 1.165) is 46.7 Å². The van der Waals surface area contributed by atoms with Crippen LogP contribution >= 0.6 is 23.5 Å². The summed E-state index contributed by atoms with van der Waals surface area (Å²) in [5, 5.41) is 17.2. The summed E-state index contributed by atoms with van der Waals surface area (Å²) in [5.74, 6) is 0.547. The fraction of sp³-hybridized carbons (Fsp3) is 0.444. The molecular weight excluding hydrogens is 857 g/mol. The Labute approximate surface area is 334 Å². The number of hydrogen-bond acceptors (Lipinski definition) is 6. The number of rotatable bonds is 9. The molecule has 0 saturated carbocycles. The number of carbonyl (C=O) groups excluding carboxylic acids is 1. The normalized spacial score (nSPS) is 17.5. The maximum Gasteiger partial charge on any atom is 0.162 e. The van der Waals surface area contributed by atoms with E-state index in [1.165, 1.54) is 38.9 Å².